The number of ether oxygens (including phenoxy) is 1. The molecule has 5 rings (SSSR count). The van der Waals surface area contributed by atoms with E-state index < -0.39 is 28.7 Å². The molecule has 1 N–H and O–H groups in total. The Morgan fingerprint density at radius 3 is 2.79 bits per heavy atom. The Morgan fingerprint density at radius 2 is 2.06 bits per heavy atom. The van der Waals surface area contributed by atoms with Gasteiger partial charge < -0.3 is 19.3 Å². The molecule has 2 aliphatic rings. The molecule has 3 aromatic rings. The molecule has 0 radical (unpaired) electrons. The minimum Gasteiger partial charge on any atom is -0.503 e. The van der Waals surface area contributed by atoms with Crippen molar-refractivity contribution in [2.75, 3.05) is 13.2 Å². The van der Waals surface area contributed by atoms with Gasteiger partial charge in [0.15, 0.2) is 16.5 Å². The first-order valence-corrected chi connectivity index (χ1v) is 11.2. The zero-order valence-electron chi connectivity index (χ0n) is 17.8. The molecule has 1 aromatic carbocycles. The molecule has 1 atom stereocenters. The second-order valence-corrected chi connectivity index (χ2v) is 9.41. The van der Waals surface area contributed by atoms with Crippen molar-refractivity contribution in [3.63, 3.8) is 0 Å². The quantitative estimate of drug-likeness (QED) is 0.625. The molecule has 33 heavy (non-hydrogen) atoms. The average molecular weight is 474 g/mol. The SMILES string of the molecule is CC(C)N1C[C@@H]2COCc3c(-c4nnc(Cc5ccc(F)cc5F)s4)c(=O)c(O)c(n32)C1=O. The van der Waals surface area contributed by atoms with E-state index in [0.29, 0.717) is 23.9 Å². The first-order chi connectivity index (χ1) is 15.8. The lowest BCUT2D eigenvalue weighted by Gasteiger charge is -2.41. The molecule has 11 heteroatoms. The Morgan fingerprint density at radius 1 is 1.27 bits per heavy atom. The van der Waals surface area contributed by atoms with Gasteiger partial charge in [0.2, 0.25) is 5.43 Å². The Hall–Kier alpha value is -3.18. The van der Waals surface area contributed by atoms with Crippen LogP contribution in [0.4, 0.5) is 8.78 Å². The number of hydrogen-bond acceptors (Lipinski definition) is 7. The summed E-state index contributed by atoms with van der Waals surface area (Å²) in [6, 6.07) is 2.93. The Bertz CT molecular complexity index is 1340. The van der Waals surface area contributed by atoms with E-state index in [2.05, 4.69) is 10.2 Å². The first kappa shape index (κ1) is 21.7. The van der Waals surface area contributed by atoms with Crippen LogP contribution in [0, 0.1) is 11.6 Å². The third kappa shape index (κ3) is 3.51. The number of aromatic nitrogens is 3. The monoisotopic (exact) mass is 474 g/mol. The van der Waals surface area contributed by atoms with E-state index in [1.54, 1.807) is 9.47 Å². The molecule has 2 aliphatic heterocycles. The van der Waals surface area contributed by atoms with Crippen LogP contribution in [0.1, 0.15) is 46.6 Å². The summed E-state index contributed by atoms with van der Waals surface area (Å²) in [5, 5.41) is 19.6. The summed E-state index contributed by atoms with van der Waals surface area (Å²) in [7, 11) is 0. The highest BCUT2D eigenvalue weighted by Crippen LogP contribution is 2.37. The number of benzene rings is 1. The summed E-state index contributed by atoms with van der Waals surface area (Å²) < 4.78 is 34.6. The van der Waals surface area contributed by atoms with E-state index >= 15 is 0 Å². The predicted molar refractivity (Wildman–Crippen MR) is 115 cm³/mol. The topological polar surface area (TPSA) is 97.5 Å². The molecule has 0 aliphatic carbocycles. The zero-order valence-corrected chi connectivity index (χ0v) is 18.7. The maximum atomic E-state index is 14.0. The molecule has 0 saturated heterocycles. The van der Waals surface area contributed by atoms with Crippen molar-refractivity contribution < 1.29 is 23.4 Å². The Balaban J connectivity index is 1.60. The number of rotatable bonds is 4. The van der Waals surface area contributed by atoms with Gasteiger partial charge in [-0.05, 0) is 25.5 Å². The highest BCUT2D eigenvalue weighted by Gasteiger charge is 2.40. The van der Waals surface area contributed by atoms with Crippen LogP contribution in [0.25, 0.3) is 10.6 Å². The first-order valence-electron chi connectivity index (χ1n) is 10.4. The lowest BCUT2D eigenvalue weighted by Crippen LogP contribution is -2.50. The molecule has 2 aromatic heterocycles. The van der Waals surface area contributed by atoms with E-state index in [1.165, 1.54) is 6.07 Å². The maximum Gasteiger partial charge on any atom is 0.274 e. The van der Waals surface area contributed by atoms with Crippen molar-refractivity contribution in [1.82, 2.24) is 19.7 Å². The van der Waals surface area contributed by atoms with Crippen LogP contribution >= 0.6 is 11.3 Å². The minimum absolute atomic E-state index is 0.0369. The van der Waals surface area contributed by atoms with E-state index in [4.69, 9.17) is 4.74 Å². The summed E-state index contributed by atoms with van der Waals surface area (Å²) in [5.41, 5.74) is 0.0556. The molecule has 0 saturated carbocycles. The summed E-state index contributed by atoms with van der Waals surface area (Å²) in [6.07, 6.45) is 0.0678. The van der Waals surface area contributed by atoms with Gasteiger partial charge in [0, 0.05) is 25.1 Å². The van der Waals surface area contributed by atoms with Gasteiger partial charge in [0.05, 0.1) is 30.5 Å². The molecular formula is C22H20F2N4O4S. The van der Waals surface area contributed by atoms with Crippen LogP contribution in [-0.4, -0.2) is 49.9 Å². The van der Waals surface area contributed by atoms with Gasteiger partial charge in [-0.2, -0.15) is 0 Å². The van der Waals surface area contributed by atoms with Gasteiger partial charge in [-0.25, -0.2) is 8.78 Å². The Labute approximate surface area is 191 Å². The van der Waals surface area contributed by atoms with Crippen LogP contribution in [-0.2, 0) is 17.8 Å². The summed E-state index contributed by atoms with van der Waals surface area (Å²) in [4.78, 5) is 27.8. The number of amides is 1. The second-order valence-electron chi connectivity index (χ2n) is 8.35. The highest BCUT2D eigenvalue weighted by atomic mass is 32.1. The fourth-order valence-corrected chi connectivity index (χ4v) is 5.27. The predicted octanol–water partition coefficient (Wildman–Crippen LogP) is 2.88. The van der Waals surface area contributed by atoms with Gasteiger partial charge in [-0.3, -0.25) is 9.59 Å². The summed E-state index contributed by atoms with van der Waals surface area (Å²) in [6.45, 7) is 4.54. The number of carbonyl (C=O) groups excluding carboxylic acids is 1. The molecule has 0 spiro atoms. The van der Waals surface area contributed by atoms with Gasteiger partial charge >= 0.3 is 0 Å². The van der Waals surface area contributed by atoms with E-state index in [1.807, 2.05) is 13.8 Å². The second kappa shape index (κ2) is 7.99. The molecule has 1 amide bonds. The fourth-order valence-electron chi connectivity index (χ4n) is 4.34. The fraction of sp³-hybridized carbons (Fsp3) is 0.364. The molecular weight excluding hydrogens is 454 g/mol. The lowest BCUT2D eigenvalue weighted by molar-refractivity contribution is 0.0203. The van der Waals surface area contributed by atoms with Crippen molar-refractivity contribution in [1.29, 1.82) is 0 Å². The lowest BCUT2D eigenvalue weighted by atomic mass is 10.0. The van der Waals surface area contributed by atoms with Crippen LogP contribution in [0.3, 0.4) is 0 Å². The molecule has 0 unspecified atom stereocenters. The zero-order chi connectivity index (χ0) is 23.4. The number of halogens is 2. The minimum atomic E-state index is -0.727. The van der Waals surface area contributed by atoms with Crippen molar-refractivity contribution in [3.8, 4) is 16.3 Å². The third-order valence-corrected chi connectivity index (χ3v) is 6.87. The highest BCUT2D eigenvalue weighted by molar-refractivity contribution is 7.14. The normalized spacial score (nSPS) is 17.5. The van der Waals surface area contributed by atoms with Crippen molar-refractivity contribution in [2.45, 2.75) is 39.0 Å². The summed E-state index contributed by atoms with van der Waals surface area (Å²) >= 11 is 1.07. The van der Waals surface area contributed by atoms with E-state index in [0.717, 1.165) is 23.5 Å². The van der Waals surface area contributed by atoms with Gasteiger partial charge in [-0.15, -0.1) is 10.2 Å². The van der Waals surface area contributed by atoms with E-state index in [-0.39, 0.29) is 46.9 Å². The van der Waals surface area contributed by atoms with Gasteiger partial charge in [0.25, 0.3) is 5.91 Å². The number of carbonyl (C=O) groups is 1. The summed E-state index contributed by atoms with van der Waals surface area (Å²) in [5.74, 6) is -2.41. The standard InChI is InChI=1S/C22H20F2N4O4S/c1-10(2)27-7-13-8-32-9-15-17(19(29)20(30)18(22(27)31)28(13)15)21-26-25-16(33-21)5-11-3-4-12(23)6-14(11)24/h3-4,6,10,13,30H,5,7-9H2,1-2H3/t13-/m1/s1. The third-order valence-electron chi connectivity index (χ3n) is 5.93. The Kier molecular flexibility index (Phi) is 5.25. The van der Waals surface area contributed by atoms with Crippen LogP contribution in [0.15, 0.2) is 23.0 Å². The molecule has 4 heterocycles. The number of pyridine rings is 1. The molecule has 8 nitrogen and oxygen atoms in total. The number of hydrogen-bond donors (Lipinski definition) is 1. The van der Waals surface area contributed by atoms with Crippen LogP contribution in [0.5, 0.6) is 5.75 Å². The van der Waals surface area contributed by atoms with Gasteiger partial charge in [0.1, 0.15) is 16.6 Å². The maximum absolute atomic E-state index is 14.0. The van der Waals surface area contributed by atoms with Crippen LogP contribution in [0.2, 0.25) is 0 Å². The van der Waals surface area contributed by atoms with E-state index in [9.17, 15) is 23.5 Å². The van der Waals surface area contributed by atoms with Crippen LogP contribution < -0.4 is 5.43 Å². The molecule has 0 bridgehead atoms. The number of aromatic hydroxyl groups is 1. The smallest absolute Gasteiger partial charge is 0.274 e. The largest absolute Gasteiger partial charge is 0.503 e. The van der Waals surface area contributed by atoms with Crippen molar-refractivity contribution >= 4 is 17.2 Å². The van der Waals surface area contributed by atoms with Gasteiger partial charge in [-0.1, -0.05) is 17.4 Å². The number of nitrogens with zero attached hydrogens (tertiary/aromatic N) is 4. The average Bonchev–Trinajstić information content (AvgIpc) is 3.22. The molecule has 0 fully saturated rings. The molecule has 172 valence electrons. The van der Waals surface area contributed by atoms with Crippen molar-refractivity contribution in [3.05, 3.63) is 62.0 Å². The van der Waals surface area contributed by atoms with Crippen molar-refractivity contribution in [2.24, 2.45) is 0 Å².